The number of nitrogen functional groups attached to an aromatic ring is 1. The van der Waals surface area contributed by atoms with Gasteiger partial charge >= 0.3 is 5.97 Å². The minimum Gasteiger partial charge on any atom is -0.505 e. The van der Waals surface area contributed by atoms with Gasteiger partial charge in [0.25, 0.3) is 72.0 Å². The zero-order chi connectivity index (χ0) is 70.8. The molecule has 0 aliphatic rings. The van der Waals surface area contributed by atoms with E-state index >= 15 is 0 Å². The van der Waals surface area contributed by atoms with Crippen LogP contribution in [0.1, 0.15) is 16.1 Å². The van der Waals surface area contributed by atoms with E-state index in [2.05, 4.69) is 64.8 Å². The zero-order valence-electron chi connectivity index (χ0n) is 46.0. The quantitative estimate of drug-likeness (QED) is 0.00576. The SMILES string of the molecule is CN=Nc1c(S(=O)(=O)O)cc2c(S(=O)(=O)O)c(N=Nc3cc(S(=O)(=O)O)c4cc(SOOO)c(N=Nc5ccc([N+](=O)[O-])cc5S(=O)(=O)O)c(O)c4c3N)ccc2c1O.Cc1cc(S(=O)(=O)O)c(N=Nc2c(C(=O)O)[nH]n(-c3ccc(S(=O)(=O)O)cc3)c2=O)cc1SOOO. The number of aryl methyl sites for hydroxylation is 1. The fraction of sp³-hybridized carbons (Fsp3) is 0.0455. The number of aromatic hydroxyl groups is 2. The lowest BCUT2D eigenvalue weighted by molar-refractivity contribution is -0.432. The Morgan fingerprint density at radius 3 is 1.64 bits per heavy atom. The van der Waals surface area contributed by atoms with E-state index < -0.39 is 201 Å². The zero-order valence-corrected chi connectivity index (χ0v) is 52.5. The van der Waals surface area contributed by atoms with Crippen molar-refractivity contribution in [2.75, 3.05) is 12.8 Å². The standard InChI is InChI=1S/C27H20N8O19S5.C17H14N4O12S3/c1-29-33-24-20(58(47,48)49)8-12-11(25(24)36)3-5-15(27(12)59(50,51)52)31-32-16-9-18(56(41,42)43)13-7-17(55-54-53-40)23(26(37)21(13)22(16)28)34-30-14-4-2-10(35(38)39)6-19(14)57(44,45)46;1-8-6-13(36(29,30)31)11(7-12(8)34-33-32-25)18-19-14-15(17(23)24)20-21(16(14)22)9-2-4-10(5-3-9)35(26,27)28/h2-9,36-37,40H,28H2,1H3,(H,41,42,43)(H,44,45,46)(H,47,48,49)(H,50,51,52);2-7,20,25H,1H3,(H,23,24)(H,26,27,28)(H,29,30,31). The number of nitrogens with zero attached hydrogens (tertiary/aromatic N) is 10. The number of carboxylic acids is 1. The van der Waals surface area contributed by atoms with Crippen LogP contribution in [0.2, 0.25) is 0 Å². The number of hydrogen-bond acceptors (Lipinski definition) is 35. The van der Waals surface area contributed by atoms with Gasteiger partial charge in [-0.05, 0) is 85.3 Å². The largest absolute Gasteiger partial charge is 0.505 e. The van der Waals surface area contributed by atoms with Crippen LogP contribution in [0.3, 0.4) is 0 Å². The molecule has 8 aromatic rings. The highest BCUT2D eigenvalue weighted by atomic mass is 32.2. The molecule has 0 atom stereocenters. The summed E-state index contributed by atoms with van der Waals surface area (Å²) in [5.74, 6) is -3.83. The summed E-state index contributed by atoms with van der Waals surface area (Å²) in [6.07, 6.45) is 0. The van der Waals surface area contributed by atoms with Gasteiger partial charge in [0.2, 0.25) is 0 Å². The minimum absolute atomic E-state index is 0.0109. The molecule has 43 nitrogen and oxygen atoms in total. The molecule has 95 heavy (non-hydrogen) atoms. The first kappa shape index (κ1) is 73.1. The fourth-order valence-corrected chi connectivity index (χ4v) is 13.0. The fourth-order valence-electron chi connectivity index (χ4n) is 8.06. The molecule has 8 rings (SSSR count). The average Bonchev–Trinajstić information content (AvgIpc) is 1.39. The Balaban J connectivity index is 0.000000302. The van der Waals surface area contributed by atoms with E-state index in [1.165, 1.54) is 6.92 Å². The number of nitro benzene ring substituents is 1. The molecule has 0 saturated heterocycles. The Bertz CT molecular complexity index is 5440. The van der Waals surface area contributed by atoms with E-state index in [9.17, 15) is 108 Å². The summed E-state index contributed by atoms with van der Waals surface area (Å²) in [5.41, 5.74) is -2.21. The lowest BCUT2D eigenvalue weighted by Crippen LogP contribution is -2.14. The number of carbonyl (C=O) groups is 1. The monoisotopic (exact) mass is 1480 g/mol. The summed E-state index contributed by atoms with van der Waals surface area (Å²) < 4.78 is 213. The van der Waals surface area contributed by atoms with Gasteiger partial charge < -0.3 is 21.1 Å². The molecule has 0 radical (unpaired) electrons. The molecule has 0 saturated carbocycles. The second kappa shape index (κ2) is 27.9. The van der Waals surface area contributed by atoms with Crippen LogP contribution < -0.4 is 11.3 Å². The van der Waals surface area contributed by atoms with Gasteiger partial charge in [0.05, 0.1) is 55.6 Å². The maximum Gasteiger partial charge on any atom is 0.356 e. The number of aromatic nitrogens is 2. The van der Waals surface area contributed by atoms with E-state index in [1.54, 1.807) is 0 Å². The number of aromatic carboxylic acids is 1. The van der Waals surface area contributed by atoms with Gasteiger partial charge in [0, 0.05) is 40.2 Å². The molecule has 504 valence electrons. The van der Waals surface area contributed by atoms with Crippen LogP contribution in [0, 0.1) is 17.0 Å². The van der Waals surface area contributed by atoms with Crippen molar-refractivity contribution in [3.05, 3.63) is 117 Å². The number of rotatable bonds is 22. The smallest absolute Gasteiger partial charge is 0.356 e. The van der Waals surface area contributed by atoms with Gasteiger partial charge in [-0.15, -0.1) is 39.4 Å². The first-order valence-electron chi connectivity index (χ1n) is 23.8. The molecular formula is C44H34N12O31S8. The first-order valence-corrected chi connectivity index (χ1v) is 33.9. The Hall–Kier alpha value is -9.34. The average molecular weight is 1480 g/mol. The third-order valence-electron chi connectivity index (χ3n) is 12.0. The summed E-state index contributed by atoms with van der Waals surface area (Å²) >= 11 is 0.451. The number of azo groups is 4. The number of carboxylic acid groups (broad SMARTS) is 1. The summed E-state index contributed by atoms with van der Waals surface area (Å²) in [6, 6.07) is 11.7. The van der Waals surface area contributed by atoms with Gasteiger partial charge in [-0.1, -0.05) is 10.1 Å². The first-order chi connectivity index (χ1) is 44.0. The third kappa shape index (κ3) is 16.3. The van der Waals surface area contributed by atoms with Gasteiger partial charge in [-0.25, -0.2) is 20.0 Å². The van der Waals surface area contributed by atoms with Gasteiger partial charge in [0.1, 0.15) is 58.6 Å². The lowest BCUT2D eigenvalue weighted by Gasteiger charge is -2.15. The number of benzene rings is 7. The van der Waals surface area contributed by atoms with Crippen molar-refractivity contribution >= 4 is 163 Å². The topological polar surface area (TPSA) is 687 Å². The number of anilines is 1. The van der Waals surface area contributed by atoms with Crippen molar-refractivity contribution in [1.29, 1.82) is 0 Å². The van der Waals surface area contributed by atoms with Gasteiger partial charge in [-0.3, -0.25) is 47.3 Å². The second-order valence-corrected chi connectivity index (χ2v) is 27.7. The molecule has 0 unspecified atom stereocenters. The van der Waals surface area contributed by atoms with Crippen LogP contribution in [0.4, 0.5) is 51.2 Å². The Morgan fingerprint density at radius 2 is 1.11 bits per heavy atom. The highest BCUT2D eigenvalue weighted by molar-refractivity contribution is 7.95. The highest BCUT2D eigenvalue weighted by Gasteiger charge is 2.31. The maximum absolute atomic E-state index is 12.9. The van der Waals surface area contributed by atoms with E-state index in [-0.39, 0.29) is 28.2 Å². The number of aromatic amines is 1. The number of nitrogens with one attached hydrogen (secondary N) is 1. The number of hydrogen-bond donors (Lipinski definition) is 13. The summed E-state index contributed by atoms with van der Waals surface area (Å²) in [5, 5.41) is 95.2. The number of phenolic OH excluding ortho intramolecular Hbond substituents is 2. The molecule has 0 spiro atoms. The molecule has 0 aliphatic heterocycles. The predicted octanol–water partition coefficient (Wildman–Crippen LogP) is 8.36. The molecule has 1 heterocycles. The number of nitrogens with two attached hydrogens (primary N) is 1. The molecule has 0 aliphatic carbocycles. The molecular weight excluding hydrogens is 1450 g/mol. The van der Waals surface area contributed by atoms with Crippen LogP contribution >= 0.6 is 24.1 Å². The molecule has 0 fully saturated rings. The number of phenols is 2. The molecule has 1 aromatic heterocycles. The molecule has 14 N–H and O–H groups in total. The van der Waals surface area contributed by atoms with E-state index in [0.29, 0.717) is 34.9 Å². The van der Waals surface area contributed by atoms with Crippen molar-refractivity contribution in [1.82, 2.24) is 9.78 Å². The number of non-ortho nitro benzene ring substituents is 1. The van der Waals surface area contributed by atoms with Crippen molar-refractivity contribution in [3.63, 3.8) is 0 Å². The van der Waals surface area contributed by atoms with Crippen molar-refractivity contribution in [2.45, 2.75) is 46.1 Å². The lowest BCUT2D eigenvalue weighted by atomic mass is 10.0. The van der Waals surface area contributed by atoms with Gasteiger partial charge in [-0.2, -0.15) is 60.7 Å². The Kier molecular flexibility index (Phi) is 21.5. The summed E-state index contributed by atoms with van der Waals surface area (Å²) in [4.78, 5) is 28.5. The summed E-state index contributed by atoms with van der Waals surface area (Å²) in [6.45, 7) is 1.43. The molecule has 7 aromatic carbocycles. The highest BCUT2D eigenvalue weighted by Crippen LogP contribution is 2.51. The predicted molar refractivity (Wildman–Crippen MR) is 316 cm³/mol. The van der Waals surface area contributed by atoms with Crippen LogP contribution in [-0.2, 0) is 79.5 Å². The van der Waals surface area contributed by atoms with E-state index in [1.807, 2.05) is 0 Å². The van der Waals surface area contributed by atoms with Crippen LogP contribution in [-0.4, -0.2) is 131 Å². The van der Waals surface area contributed by atoms with E-state index in [4.69, 9.17) is 20.8 Å². The van der Waals surface area contributed by atoms with Gasteiger partial charge in [0.15, 0.2) is 22.9 Å². The van der Waals surface area contributed by atoms with Crippen molar-refractivity contribution < 1.29 is 132 Å². The van der Waals surface area contributed by atoms with Crippen LogP contribution in [0.25, 0.3) is 27.2 Å². The second-order valence-electron chi connectivity index (χ2n) is 17.9. The maximum atomic E-state index is 12.9. The summed E-state index contributed by atoms with van der Waals surface area (Å²) in [7, 11) is -29.6. The Morgan fingerprint density at radius 1 is 0.568 bits per heavy atom. The third-order valence-corrected chi connectivity index (χ3v) is 18.7. The number of fused-ring (bicyclic) bond motifs is 2. The van der Waals surface area contributed by atoms with Crippen molar-refractivity contribution in [2.24, 2.45) is 40.9 Å². The number of H-pyrrole nitrogens is 1. The molecule has 0 amide bonds. The number of nitro groups is 1. The van der Waals surface area contributed by atoms with Crippen molar-refractivity contribution in [3.8, 4) is 17.2 Å². The molecule has 51 heteroatoms. The minimum atomic E-state index is -5.47. The van der Waals surface area contributed by atoms with Crippen LogP contribution in [0.5, 0.6) is 11.5 Å². The molecule has 0 bridgehead atoms. The van der Waals surface area contributed by atoms with Crippen LogP contribution in [0.15, 0.2) is 170 Å². The normalized spacial score (nSPS) is 12.8. The Labute approximate surface area is 535 Å². The van der Waals surface area contributed by atoms with E-state index in [0.717, 1.165) is 73.8 Å².